The van der Waals surface area contributed by atoms with Gasteiger partial charge in [0.1, 0.15) is 0 Å². The number of anilines is 3. The van der Waals surface area contributed by atoms with E-state index >= 15 is 0 Å². The fourth-order valence-corrected chi connectivity index (χ4v) is 8.35. The van der Waals surface area contributed by atoms with Crippen LogP contribution in [-0.2, 0) is 5.41 Å². The molecule has 3 heteroatoms. The van der Waals surface area contributed by atoms with E-state index in [0.717, 1.165) is 31.4 Å². The van der Waals surface area contributed by atoms with E-state index in [1.807, 2.05) is 18.2 Å². The average Bonchev–Trinajstić information content (AvgIpc) is 3.31. The van der Waals surface area contributed by atoms with Crippen molar-refractivity contribution in [1.29, 1.82) is 0 Å². The van der Waals surface area contributed by atoms with Crippen LogP contribution in [0.15, 0.2) is 144 Å². The Morgan fingerprint density at radius 2 is 1.10 bits per heavy atom. The summed E-state index contributed by atoms with van der Waals surface area (Å²) in [5.74, 6) is 0. The maximum Gasteiger partial charge on any atom is 0.195 e. The Hall–Kier alpha value is -4.99. The van der Waals surface area contributed by atoms with E-state index in [1.165, 1.54) is 39.2 Å². The smallest absolute Gasteiger partial charge is 0.195 e. The Kier molecular flexibility index (Phi) is 4.59. The molecule has 9 rings (SSSR count). The maximum atomic E-state index is 13.8. The molecule has 2 heterocycles. The highest BCUT2D eigenvalue weighted by Gasteiger charge is 2.51. The SMILES string of the molecule is O=c1c2ccccc2sc2cc3c(cc12)-c1ccccc1C31c2ccccc2N(c2ccccc2)c2ccccc21. The molecule has 2 nitrogen and oxygen atoms in total. The molecule has 0 bridgehead atoms. The van der Waals surface area contributed by atoms with E-state index in [1.54, 1.807) is 11.3 Å². The van der Waals surface area contributed by atoms with E-state index in [2.05, 4.69) is 126 Å². The molecule has 0 N–H and O–H groups in total. The van der Waals surface area contributed by atoms with Crippen LogP contribution in [0.25, 0.3) is 31.3 Å². The lowest BCUT2D eigenvalue weighted by molar-refractivity contribution is 0.754. The number of fused-ring (bicyclic) bond motifs is 11. The third-order valence-corrected chi connectivity index (χ3v) is 9.99. The molecule has 0 saturated carbocycles. The zero-order valence-electron chi connectivity index (χ0n) is 22.0. The van der Waals surface area contributed by atoms with Gasteiger partial charge in [-0.3, -0.25) is 4.79 Å². The van der Waals surface area contributed by atoms with Crippen molar-refractivity contribution in [2.45, 2.75) is 5.41 Å². The Morgan fingerprint density at radius 3 is 1.85 bits per heavy atom. The van der Waals surface area contributed by atoms with Gasteiger partial charge in [0.25, 0.3) is 0 Å². The van der Waals surface area contributed by atoms with E-state index in [-0.39, 0.29) is 5.43 Å². The first kappa shape index (κ1) is 22.8. The lowest BCUT2D eigenvalue weighted by atomic mass is 9.64. The van der Waals surface area contributed by atoms with Crippen molar-refractivity contribution in [1.82, 2.24) is 0 Å². The van der Waals surface area contributed by atoms with Crippen LogP contribution in [0.4, 0.5) is 17.1 Å². The largest absolute Gasteiger partial charge is 0.310 e. The third-order valence-electron chi connectivity index (χ3n) is 8.85. The highest BCUT2D eigenvalue weighted by molar-refractivity contribution is 7.24. The number of nitrogens with zero attached hydrogens (tertiary/aromatic N) is 1. The first-order valence-electron chi connectivity index (χ1n) is 13.9. The molecule has 0 fully saturated rings. The summed E-state index contributed by atoms with van der Waals surface area (Å²) >= 11 is 1.71. The maximum absolute atomic E-state index is 13.8. The van der Waals surface area contributed by atoms with Gasteiger partial charge in [0.15, 0.2) is 5.43 Å². The summed E-state index contributed by atoms with van der Waals surface area (Å²) in [6, 6.07) is 49.5. The fourth-order valence-electron chi connectivity index (χ4n) is 7.25. The highest BCUT2D eigenvalue weighted by atomic mass is 32.1. The van der Waals surface area contributed by atoms with Crippen molar-refractivity contribution in [2.75, 3.05) is 4.90 Å². The zero-order chi connectivity index (χ0) is 27.1. The van der Waals surface area contributed by atoms with Crippen molar-refractivity contribution in [2.24, 2.45) is 0 Å². The van der Waals surface area contributed by atoms with Crippen molar-refractivity contribution in [3.05, 3.63) is 172 Å². The van der Waals surface area contributed by atoms with Gasteiger partial charge in [0, 0.05) is 25.9 Å². The first-order chi connectivity index (χ1) is 20.3. The van der Waals surface area contributed by atoms with Crippen LogP contribution < -0.4 is 10.3 Å². The predicted molar refractivity (Wildman–Crippen MR) is 171 cm³/mol. The molecule has 0 saturated heterocycles. The molecule has 1 aromatic heterocycles. The van der Waals surface area contributed by atoms with Gasteiger partial charge in [-0.25, -0.2) is 0 Å². The molecule has 1 spiro atoms. The molecule has 1 aliphatic carbocycles. The van der Waals surface area contributed by atoms with Gasteiger partial charge in [-0.05, 0) is 81.9 Å². The van der Waals surface area contributed by atoms with Crippen LogP contribution >= 0.6 is 11.3 Å². The molecule has 192 valence electrons. The van der Waals surface area contributed by atoms with Crippen molar-refractivity contribution in [3.8, 4) is 11.1 Å². The topological polar surface area (TPSA) is 20.3 Å². The summed E-state index contributed by atoms with van der Waals surface area (Å²) in [7, 11) is 0. The number of para-hydroxylation sites is 3. The van der Waals surface area contributed by atoms with E-state index in [0.29, 0.717) is 0 Å². The molecule has 2 aliphatic rings. The fraction of sp³-hybridized carbons (Fsp3) is 0.0263. The van der Waals surface area contributed by atoms with Gasteiger partial charge < -0.3 is 4.90 Å². The molecule has 0 atom stereocenters. The summed E-state index contributed by atoms with van der Waals surface area (Å²) < 4.78 is 2.05. The first-order valence-corrected chi connectivity index (χ1v) is 14.7. The monoisotopic (exact) mass is 541 g/mol. The van der Waals surface area contributed by atoms with Gasteiger partial charge in [-0.15, -0.1) is 11.3 Å². The van der Waals surface area contributed by atoms with Crippen LogP contribution in [0.3, 0.4) is 0 Å². The summed E-state index contributed by atoms with van der Waals surface area (Å²) in [4.78, 5) is 16.2. The Balaban J connectivity index is 1.46. The molecular weight excluding hydrogens is 518 g/mol. The Labute approximate surface area is 241 Å². The standard InChI is InChI=1S/C38H23NOS/c40-37-26-15-5-11-21-35(26)41-36-23-32-27(22-28(36)37)25-14-4-6-16-29(25)38(32)30-17-7-9-19-33(30)39(24-12-2-1-3-13-24)34-20-10-8-18-31(34)38/h1-23H. The van der Waals surface area contributed by atoms with E-state index in [9.17, 15) is 4.79 Å². The summed E-state index contributed by atoms with van der Waals surface area (Å²) in [5.41, 5.74) is 10.4. The van der Waals surface area contributed by atoms with Crippen LogP contribution in [0.5, 0.6) is 0 Å². The number of rotatable bonds is 1. The number of hydrogen-bond acceptors (Lipinski definition) is 3. The van der Waals surface area contributed by atoms with Gasteiger partial charge in [-0.2, -0.15) is 0 Å². The van der Waals surface area contributed by atoms with E-state index in [4.69, 9.17) is 0 Å². The normalized spacial score (nSPS) is 14.1. The zero-order valence-corrected chi connectivity index (χ0v) is 22.9. The Bertz CT molecular complexity index is 2200. The molecule has 0 radical (unpaired) electrons. The average molecular weight is 542 g/mol. The second-order valence-electron chi connectivity index (χ2n) is 10.8. The molecule has 6 aromatic carbocycles. The van der Waals surface area contributed by atoms with Gasteiger partial charge >= 0.3 is 0 Å². The number of hydrogen-bond donors (Lipinski definition) is 0. The molecule has 1 aliphatic heterocycles. The predicted octanol–water partition coefficient (Wildman–Crippen LogP) is 9.56. The van der Waals surface area contributed by atoms with Gasteiger partial charge in [-0.1, -0.05) is 91.0 Å². The van der Waals surface area contributed by atoms with Crippen LogP contribution in [-0.4, -0.2) is 0 Å². The second-order valence-corrected chi connectivity index (χ2v) is 11.9. The molecule has 0 unspecified atom stereocenters. The Morgan fingerprint density at radius 1 is 0.488 bits per heavy atom. The highest BCUT2D eigenvalue weighted by Crippen LogP contribution is 2.63. The van der Waals surface area contributed by atoms with Crippen LogP contribution in [0.1, 0.15) is 22.3 Å². The molecule has 41 heavy (non-hydrogen) atoms. The minimum absolute atomic E-state index is 0.107. The minimum Gasteiger partial charge on any atom is -0.310 e. The molecule has 7 aromatic rings. The molecular formula is C38H23NOS. The van der Waals surface area contributed by atoms with Gasteiger partial charge in [0.2, 0.25) is 0 Å². The number of benzene rings is 6. The second kappa shape index (κ2) is 8.26. The summed E-state index contributed by atoms with van der Waals surface area (Å²) in [6.07, 6.45) is 0. The van der Waals surface area contributed by atoms with Crippen molar-refractivity contribution >= 4 is 48.6 Å². The van der Waals surface area contributed by atoms with Crippen molar-refractivity contribution in [3.63, 3.8) is 0 Å². The summed E-state index contributed by atoms with van der Waals surface area (Å²) in [6.45, 7) is 0. The van der Waals surface area contributed by atoms with E-state index < -0.39 is 5.41 Å². The van der Waals surface area contributed by atoms with Crippen LogP contribution in [0, 0.1) is 0 Å². The van der Waals surface area contributed by atoms with Crippen LogP contribution in [0.2, 0.25) is 0 Å². The minimum atomic E-state index is -0.514. The van der Waals surface area contributed by atoms with Crippen molar-refractivity contribution < 1.29 is 0 Å². The molecule has 0 amide bonds. The summed E-state index contributed by atoms with van der Waals surface area (Å²) in [5, 5.41) is 1.58. The third kappa shape index (κ3) is 2.88. The lowest BCUT2D eigenvalue weighted by Gasteiger charge is -2.45. The quantitative estimate of drug-likeness (QED) is 0.193. The lowest BCUT2D eigenvalue weighted by Crippen LogP contribution is -2.36. The van der Waals surface area contributed by atoms with Gasteiger partial charge in [0.05, 0.1) is 16.8 Å².